The second kappa shape index (κ2) is 11.7. The molecule has 1 unspecified atom stereocenters. The van der Waals surface area contributed by atoms with Crippen LogP contribution in [-0.4, -0.2) is 41.4 Å². The van der Waals surface area contributed by atoms with Gasteiger partial charge in [0.2, 0.25) is 5.95 Å². The summed E-state index contributed by atoms with van der Waals surface area (Å²) in [5.74, 6) is 0.978. The van der Waals surface area contributed by atoms with E-state index in [1.807, 2.05) is 42.6 Å². The van der Waals surface area contributed by atoms with Crippen LogP contribution in [0.3, 0.4) is 0 Å². The molecule has 0 saturated carbocycles. The Bertz CT molecular complexity index is 1570. The number of nitrogens with zero attached hydrogens (tertiary/aromatic N) is 3. The van der Waals surface area contributed by atoms with E-state index < -0.39 is 0 Å². The van der Waals surface area contributed by atoms with E-state index in [1.165, 1.54) is 25.3 Å². The Hall–Kier alpha value is -4.56. The molecule has 0 saturated heterocycles. The Morgan fingerprint density at radius 2 is 1.88 bits per heavy atom. The fourth-order valence-corrected chi connectivity index (χ4v) is 5.24. The van der Waals surface area contributed by atoms with Crippen LogP contribution in [0.25, 0.3) is 0 Å². The van der Waals surface area contributed by atoms with Crippen molar-refractivity contribution in [1.29, 1.82) is 0 Å². The van der Waals surface area contributed by atoms with Gasteiger partial charge < -0.3 is 25.8 Å². The van der Waals surface area contributed by atoms with Gasteiger partial charge in [0.15, 0.2) is 17.3 Å². The van der Waals surface area contributed by atoms with Gasteiger partial charge in [-0.1, -0.05) is 48.0 Å². The Kier molecular flexibility index (Phi) is 7.89. The number of ether oxygens (including phenoxy) is 2. The summed E-state index contributed by atoms with van der Waals surface area (Å²) in [6.07, 6.45) is 6.29. The smallest absolute Gasteiger partial charge is 0.221 e. The van der Waals surface area contributed by atoms with E-state index in [0.29, 0.717) is 34.1 Å². The number of hydrogen-bond acceptors (Lipinski definition) is 8. The molecule has 0 aliphatic carbocycles. The van der Waals surface area contributed by atoms with Crippen LogP contribution in [0.15, 0.2) is 79.1 Å². The van der Waals surface area contributed by atoms with Crippen LogP contribution in [0.1, 0.15) is 44.2 Å². The van der Waals surface area contributed by atoms with E-state index >= 15 is 0 Å². The number of fused-ring (bicyclic) bond motifs is 1. The maximum atomic E-state index is 13.7. The average molecular weight is 556 g/mol. The third-order valence-electron chi connectivity index (χ3n) is 7.04. The van der Waals surface area contributed by atoms with Crippen molar-refractivity contribution in [2.75, 3.05) is 32.2 Å². The molecular weight excluding hydrogens is 526 g/mol. The average Bonchev–Trinajstić information content (AvgIpc) is 2.97. The number of allylic oxidation sites excluding steroid dienone is 1. The minimum Gasteiger partial charge on any atom is -0.493 e. The Morgan fingerprint density at radius 1 is 1.10 bits per heavy atom. The van der Waals surface area contributed by atoms with Crippen molar-refractivity contribution in [2.24, 2.45) is 0 Å². The molecular formula is C31H30ClN5O3. The molecule has 8 nitrogen and oxygen atoms in total. The third kappa shape index (κ3) is 5.58. The molecule has 0 spiro atoms. The summed E-state index contributed by atoms with van der Waals surface area (Å²) in [4.78, 5) is 23.9. The fourth-order valence-electron chi connectivity index (χ4n) is 5.11. The van der Waals surface area contributed by atoms with Gasteiger partial charge in [-0.2, -0.15) is 4.98 Å². The predicted molar refractivity (Wildman–Crippen MR) is 157 cm³/mol. The van der Waals surface area contributed by atoms with Gasteiger partial charge in [-0.3, -0.25) is 4.79 Å². The first kappa shape index (κ1) is 27.0. The molecule has 5 rings (SSSR count). The minimum absolute atomic E-state index is 0.0532. The largest absolute Gasteiger partial charge is 0.493 e. The SMILES string of the molecule is COc1cc(Cc2cnc(N)nc2N)cc(C(=O)C=CN2CCc3ccccc3C2c2ccc(Cl)cc2)c1OC. The highest BCUT2D eigenvalue weighted by molar-refractivity contribution is 6.30. The lowest BCUT2D eigenvalue weighted by molar-refractivity contribution is 0.104. The molecule has 1 atom stereocenters. The molecule has 0 fully saturated rings. The Morgan fingerprint density at radius 3 is 2.60 bits per heavy atom. The lowest BCUT2D eigenvalue weighted by Gasteiger charge is -2.37. The summed E-state index contributed by atoms with van der Waals surface area (Å²) in [5, 5.41) is 0.679. The summed E-state index contributed by atoms with van der Waals surface area (Å²) in [7, 11) is 3.05. The topological polar surface area (TPSA) is 117 Å². The maximum absolute atomic E-state index is 13.7. The van der Waals surface area contributed by atoms with Gasteiger partial charge >= 0.3 is 0 Å². The van der Waals surface area contributed by atoms with E-state index in [2.05, 4.69) is 33.1 Å². The highest BCUT2D eigenvalue weighted by Gasteiger charge is 2.27. The zero-order valence-electron chi connectivity index (χ0n) is 22.3. The van der Waals surface area contributed by atoms with E-state index in [1.54, 1.807) is 18.3 Å². The first-order valence-corrected chi connectivity index (χ1v) is 13.2. The number of anilines is 2. The van der Waals surface area contributed by atoms with Gasteiger partial charge in [-0.15, -0.1) is 0 Å². The fraction of sp³-hybridized carbons (Fsp3) is 0.194. The molecule has 2 heterocycles. The molecule has 1 aliphatic rings. The zero-order chi connectivity index (χ0) is 28.2. The number of aromatic nitrogens is 2. The monoisotopic (exact) mass is 555 g/mol. The summed E-state index contributed by atoms with van der Waals surface area (Å²) in [6, 6.07) is 19.8. The number of rotatable bonds is 8. The molecule has 4 N–H and O–H groups in total. The van der Waals surface area contributed by atoms with Gasteiger partial charge in [0.1, 0.15) is 5.82 Å². The summed E-state index contributed by atoms with van der Waals surface area (Å²) in [6.45, 7) is 0.755. The molecule has 0 bridgehead atoms. The summed E-state index contributed by atoms with van der Waals surface area (Å²) >= 11 is 6.18. The molecule has 1 aromatic heterocycles. The molecule has 40 heavy (non-hydrogen) atoms. The third-order valence-corrected chi connectivity index (χ3v) is 7.29. The standard InChI is InChI=1S/C31H30ClN5O3/c1-39-27-17-19(15-22-18-35-31(34)36-30(22)33)16-25(29(27)40-2)26(38)12-14-37-13-11-20-5-3-4-6-24(20)28(37)21-7-9-23(32)10-8-21/h3-10,12,14,16-18,28H,11,13,15H2,1-2H3,(H4,33,34,35,36). The van der Waals surface area contributed by atoms with Crippen molar-refractivity contribution in [3.8, 4) is 11.5 Å². The number of carbonyl (C=O) groups excluding carboxylic acids is 1. The van der Waals surface area contributed by atoms with Crippen LogP contribution < -0.4 is 20.9 Å². The van der Waals surface area contributed by atoms with Crippen LogP contribution in [-0.2, 0) is 12.8 Å². The number of nitrogens with two attached hydrogens (primary N) is 2. The van der Waals surface area contributed by atoms with Gasteiger partial charge in [0.25, 0.3) is 0 Å². The number of hydrogen-bond donors (Lipinski definition) is 2. The minimum atomic E-state index is -0.216. The van der Waals surface area contributed by atoms with Gasteiger partial charge in [-0.25, -0.2) is 4.98 Å². The molecule has 9 heteroatoms. The molecule has 0 radical (unpaired) electrons. The molecule has 3 aromatic carbocycles. The van der Waals surface area contributed by atoms with Crippen LogP contribution >= 0.6 is 11.6 Å². The lowest BCUT2D eigenvalue weighted by atomic mass is 9.88. The second-order valence-corrected chi connectivity index (χ2v) is 9.95. The van der Waals surface area contributed by atoms with Gasteiger partial charge in [0.05, 0.1) is 25.8 Å². The highest BCUT2D eigenvalue weighted by Crippen LogP contribution is 2.37. The number of carbonyl (C=O) groups is 1. The number of halogens is 1. The first-order valence-electron chi connectivity index (χ1n) is 12.8. The quantitative estimate of drug-likeness (QED) is 0.224. The molecule has 1 aliphatic heterocycles. The summed E-state index contributed by atoms with van der Waals surface area (Å²) in [5.41, 5.74) is 17.1. The Labute approximate surface area is 238 Å². The van der Waals surface area contributed by atoms with Crippen molar-refractivity contribution < 1.29 is 14.3 Å². The predicted octanol–water partition coefficient (Wildman–Crippen LogP) is 5.25. The highest BCUT2D eigenvalue weighted by atomic mass is 35.5. The van der Waals surface area contributed by atoms with Crippen molar-refractivity contribution in [3.05, 3.63) is 118 Å². The van der Waals surface area contributed by atoms with Crippen molar-refractivity contribution >= 4 is 29.2 Å². The lowest BCUT2D eigenvalue weighted by Crippen LogP contribution is -2.32. The van der Waals surface area contributed by atoms with E-state index in [0.717, 1.165) is 24.1 Å². The Balaban J connectivity index is 1.48. The first-order chi connectivity index (χ1) is 19.4. The number of methoxy groups -OCH3 is 2. The van der Waals surface area contributed by atoms with Crippen LogP contribution in [0.4, 0.5) is 11.8 Å². The van der Waals surface area contributed by atoms with Crippen molar-refractivity contribution in [3.63, 3.8) is 0 Å². The van der Waals surface area contributed by atoms with Crippen LogP contribution in [0, 0.1) is 0 Å². The number of benzene rings is 3. The molecule has 204 valence electrons. The molecule has 4 aromatic rings. The van der Waals surface area contributed by atoms with Gasteiger partial charge in [-0.05, 0) is 52.9 Å². The van der Waals surface area contributed by atoms with E-state index in [-0.39, 0.29) is 23.6 Å². The van der Waals surface area contributed by atoms with Crippen LogP contribution in [0.5, 0.6) is 11.5 Å². The molecule has 0 amide bonds. The maximum Gasteiger partial charge on any atom is 0.221 e. The van der Waals surface area contributed by atoms with E-state index in [4.69, 9.17) is 32.5 Å². The number of ketones is 1. The normalized spacial score (nSPS) is 14.7. The van der Waals surface area contributed by atoms with Crippen molar-refractivity contribution in [1.82, 2.24) is 14.9 Å². The van der Waals surface area contributed by atoms with Gasteiger partial charge in [0, 0.05) is 42.0 Å². The second-order valence-electron chi connectivity index (χ2n) is 9.52. The van der Waals surface area contributed by atoms with Crippen LogP contribution in [0.2, 0.25) is 5.02 Å². The summed E-state index contributed by atoms with van der Waals surface area (Å²) < 4.78 is 11.2. The van der Waals surface area contributed by atoms with E-state index in [9.17, 15) is 4.79 Å². The van der Waals surface area contributed by atoms with Crippen molar-refractivity contribution in [2.45, 2.75) is 18.9 Å². The number of nitrogen functional groups attached to an aromatic ring is 2. The zero-order valence-corrected chi connectivity index (χ0v) is 23.1.